The lowest BCUT2D eigenvalue weighted by Crippen LogP contribution is -2.45. The number of aryl methyl sites for hydroxylation is 1. The number of fused-ring (bicyclic) bond motifs is 8. The van der Waals surface area contributed by atoms with Gasteiger partial charge in [0.15, 0.2) is 18.1 Å². The summed E-state index contributed by atoms with van der Waals surface area (Å²) in [6.45, 7) is 2.20. The third-order valence-electron chi connectivity index (χ3n) is 8.17. The van der Waals surface area contributed by atoms with E-state index in [-0.39, 0.29) is 44.0 Å². The van der Waals surface area contributed by atoms with Crippen LogP contribution in [0.25, 0.3) is 22.2 Å². The van der Waals surface area contributed by atoms with Crippen LogP contribution >= 0.6 is 0 Å². The summed E-state index contributed by atoms with van der Waals surface area (Å²) >= 11 is 0. The molecule has 3 amide bonds. The molecule has 3 aromatic carbocycles. The monoisotopic (exact) mass is 633 g/mol. The van der Waals surface area contributed by atoms with E-state index in [0.29, 0.717) is 50.9 Å². The van der Waals surface area contributed by atoms with Crippen molar-refractivity contribution in [1.82, 2.24) is 25.5 Å². The minimum absolute atomic E-state index is 0.183. The number of rotatable bonds is 2. The van der Waals surface area contributed by atoms with Crippen LogP contribution in [0.2, 0.25) is 0 Å². The molecule has 1 saturated heterocycles. The topological polar surface area (TPSA) is 145 Å². The number of nitrogens with zero attached hydrogens (tertiary/aromatic N) is 3. The first-order chi connectivity index (χ1) is 22.8. The lowest BCUT2D eigenvalue weighted by Gasteiger charge is -2.22. The number of ether oxygens (including phenoxy) is 3. The van der Waals surface area contributed by atoms with E-state index in [1.54, 1.807) is 78.7 Å². The zero-order chi connectivity index (χ0) is 32.5. The van der Waals surface area contributed by atoms with E-state index in [0.717, 1.165) is 11.1 Å². The minimum atomic E-state index is -0.593. The number of benzene rings is 3. The van der Waals surface area contributed by atoms with Gasteiger partial charge in [-0.2, -0.15) is 0 Å². The van der Waals surface area contributed by atoms with Crippen LogP contribution in [0.3, 0.4) is 0 Å². The maximum absolute atomic E-state index is 13.7. The van der Waals surface area contributed by atoms with E-state index in [9.17, 15) is 14.4 Å². The molecule has 0 saturated carbocycles. The van der Waals surface area contributed by atoms with Gasteiger partial charge in [0.25, 0.3) is 17.7 Å². The molecular weight excluding hydrogens is 602 g/mol. The minimum Gasteiger partial charge on any atom is -0.496 e. The first-order valence-corrected chi connectivity index (χ1v) is 15.1. The van der Waals surface area contributed by atoms with Crippen LogP contribution in [0.15, 0.2) is 83.5 Å². The summed E-state index contributed by atoms with van der Waals surface area (Å²) in [6, 6.07) is 18.8. The van der Waals surface area contributed by atoms with Crippen LogP contribution in [0.1, 0.15) is 32.2 Å². The highest BCUT2D eigenvalue weighted by molar-refractivity contribution is 5.98. The van der Waals surface area contributed by atoms with E-state index in [4.69, 9.17) is 18.6 Å². The van der Waals surface area contributed by atoms with Crippen LogP contribution in [0.5, 0.6) is 17.2 Å². The molecule has 0 spiro atoms. The van der Waals surface area contributed by atoms with Gasteiger partial charge in [0.05, 0.1) is 25.3 Å². The van der Waals surface area contributed by atoms with E-state index < -0.39 is 12.1 Å². The molecular formula is C35H31N5O7. The molecule has 2 N–H and O–H groups in total. The molecule has 12 heteroatoms. The molecule has 3 aliphatic rings. The lowest BCUT2D eigenvalue weighted by molar-refractivity contribution is -0.123. The van der Waals surface area contributed by atoms with E-state index in [1.807, 2.05) is 6.07 Å². The number of likely N-dealkylation sites (tertiary alicyclic amines) is 1. The predicted octanol–water partition coefficient (Wildman–Crippen LogP) is 3.92. The molecule has 12 nitrogen and oxygen atoms in total. The van der Waals surface area contributed by atoms with Gasteiger partial charge in [-0.1, -0.05) is 12.1 Å². The Balaban J connectivity index is 1.22. The summed E-state index contributed by atoms with van der Waals surface area (Å²) in [5.41, 5.74) is 4.16. The quantitative estimate of drug-likeness (QED) is 0.296. The molecule has 2 atom stereocenters. The molecule has 5 heterocycles. The maximum Gasteiger partial charge on any atom is 0.258 e. The molecule has 1 fully saturated rings. The average molecular weight is 634 g/mol. The second-order valence-electron chi connectivity index (χ2n) is 11.4. The van der Waals surface area contributed by atoms with Crippen molar-refractivity contribution in [2.75, 3.05) is 26.8 Å². The molecule has 0 unspecified atom stereocenters. The summed E-state index contributed by atoms with van der Waals surface area (Å²) in [7, 11) is 1.53. The molecule has 8 rings (SSSR count). The van der Waals surface area contributed by atoms with Crippen molar-refractivity contribution in [2.45, 2.75) is 25.6 Å². The first-order valence-electron chi connectivity index (χ1n) is 15.1. The van der Waals surface area contributed by atoms with Crippen LogP contribution in [-0.2, 0) is 11.3 Å². The van der Waals surface area contributed by atoms with Crippen molar-refractivity contribution in [3.8, 4) is 28.4 Å². The highest BCUT2D eigenvalue weighted by Gasteiger charge is 2.38. The average Bonchev–Trinajstić information content (AvgIpc) is 3.67. The molecule has 0 radical (unpaired) electrons. The Morgan fingerprint density at radius 3 is 2.70 bits per heavy atom. The van der Waals surface area contributed by atoms with Crippen molar-refractivity contribution in [2.24, 2.45) is 0 Å². The molecule has 6 bridgehead atoms. The van der Waals surface area contributed by atoms with Crippen molar-refractivity contribution in [1.29, 1.82) is 0 Å². The smallest absolute Gasteiger partial charge is 0.258 e. The van der Waals surface area contributed by atoms with Gasteiger partial charge in [-0.05, 0) is 54.1 Å². The summed E-state index contributed by atoms with van der Waals surface area (Å²) in [6.07, 6.45) is 2.55. The summed E-state index contributed by atoms with van der Waals surface area (Å²) < 4.78 is 23.4. The maximum atomic E-state index is 13.7. The largest absolute Gasteiger partial charge is 0.496 e. The van der Waals surface area contributed by atoms with E-state index in [1.165, 1.54) is 13.3 Å². The molecule has 3 aliphatic heterocycles. The Bertz CT molecular complexity index is 2010. The van der Waals surface area contributed by atoms with Crippen LogP contribution in [-0.4, -0.2) is 71.5 Å². The highest BCUT2D eigenvalue weighted by atomic mass is 16.5. The van der Waals surface area contributed by atoms with Crippen molar-refractivity contribution in [3.05, 3.63) is 102 Å². The normalized spacial score (nSPS) is 18.0. The Kier molecular flexibility index (Phi) is 7.90. The molecule has 5 aromatic rings. The zero-order valence-corrected chi connectivity index (χ0v) is 25.7. The predicted molar refractivity (Wildman–Crippen MR) is 170 cm³/mol. The van der Waals surface area contributed by atoms with Gasteiger partial charge in [0.1, 0.15) is 28.9 Å². The van der Waals surface area contributed by atoms with Crippen LogP contribution in [0.4, 0.5) is 0 Å². The fourth-order valence-corrected chi connectivity index (χ4v) is 5.81. The number of methoxy groups -OCH3 is 1. The molecule has 47 heavy (non-hydrogen) atoms. The number of pyridine rings is 1. The number of hydrogen-bond donors (Lipinski definition) is 2. The third-order valence-corrected chi connectivity index (χ3v) is 8.17. The van der Waals surface area contributed by atoms with Gasteiger partial charge >= 0.3 is 0 Å². The van der Waals surface area contributed by atoms with Gasteiger partial charge in [-0.15, -0.1) is 0 Å². The fraction of sp³-hybridized carbons (Fsp3) is 0.229. The van der Waals surface area contributed by atoms with E-state index in [2.05, 4.69) is 20.6 Å². The number of carbonyl (C=O) groups excluding carboxylic acids is 3. The first kappa shape index (κ1) is 29.8. The van der Waals surface area contributed by atoms with Gasteiger partial charge in [-0.3, -0.25) is 19.4 Å². The van der Waals surface area contributed by atoms with Gasteiger partial charge in [0.2, 0.25) is 0 Å². The molecule has 2 aromatic heterocycles. The number of aromatic nitrogens is 2. The fourth-order valence-electron chi connectivity index (χ4n) is 5.81. The lowest BCUT2D eigenvalue weighted by atomic mass is 10.1. The number of hydrogen-bond acceptors (Lipinski definition) is 9. The summed E-state index contributed by atoms with van der Waals surface area (Å²) in [4.78, 5) is 50.3. The van der Waals surface area contributed by atoms with E-state index >= 15 is 0 Å². The summed E-state index contributed by atoms with van der Waals surface area (Å²) in [5.74, 6) is 1.10. The Morgan fingerprint density at radius 1 is 0.957 bits per heavy atom. The zero-order valence-electron chi connectivity index (χ0n) is 25.7. The van der Waals surface area contributed by atoms with Crippen molar-refractivity contribution in [3.63, 3.8) is 0 Å². The highest BCUT2D eigenvalue weighted by Crippen LogP contribution is 2.29. The van der Waals surface area contributed by atoms with Crippen molar-refractivity contribution < 1.29 is 33.0 Å². The molecule has 0 aliphatic carbocycles. The Labute approximate surface area is 269 Å². The number of amides is 3. The number of nitrogens with one attached hydrogen (secondary N) is 2. The van der Waals surface area contributed by atoms with Gasteiger partial charge < -0.3 is 34.2 Å². The summed E-state index contributed by atoms with van der Waals surface area (Å²) in [5, 5.41) is 5.94. The molecule has 238 valence electrons. The SMILES string of the molecule is COc1cc2ccc1CNC(=O)COc1cccc(c1)-c1cncc(c1)C(=O)N[C@H]1CN(C(=O)c3ccc4nc(C)oc4c3)C[C@@H]1O2. The Morgan fingerprint density at radius 2 is 1.83 bits per heavy atom. The third kappa shape index (κ3) is 6.30. The van der Waals surface area contributed by atoms with Gasteiger partial charge in [-0.25, -0.2) is 4.98 Å². The van der Waals surface area contributed by atoms with Gasteiger partial charge in [0, 0.05) is 55.2 Å². The Hall–Kier alpha value is -5.91. The number of oxazole rings is 1. The van der Waals surface area contributed by atoms with Crippen LogP contribution < -0.4 is 24.8 Å². The number of carbonyl (C=O) groups is 3. The standard InChI is InChI=1S/C35H31N5O7/c1-20-38-28-9-7-22(12-31(28)46-20)35(43)40-17-29-32(18-40)47-27-8-6-23(30(13-27)44-2)16-37-33(41)19-45-26-5-3-4-21(11-26)24-10-25(15-36-14-24)34(42)39-29/h3-15,29,32H,16-19H2,1-2H3,(H,37,41)(H,39,42)/t29-,32-/m0/s1. The van der Waals surface area contributed by atoms with Crippen molar-refractivity contribution >= 4 is 28.8 Å². The second kappa shape index (κ2) is 12.5. The van der Waals surface area contributed by atoms with Crippen LogP contribution in [0, 0.1) is 6.92 Å². The second-order valence-corrected chi connectivity index (χ2v) is 11.4.